The summed E-state index contributed by atoms with van der Waals surface area (Å²) in [6.45, 7) is 9.84. The first-order chi connectivity index (χ1) is 27.2. The molecule has 1 aliphatic rings. The average Bonchev–Trinajstić information content (AvgIpc) is 4.10. The van der Waals surface area contributed by atoms with Gasteiger partial charge in [-0.25, -0.2) is 0 Å². The van der Waals surface area contributed by atoms with Crippen molar-refractivity contribution >= 4 is 6.29 Å². The number of epoxide rings is 1. The molecule has 6 atom stereocenters. The van der Waals surface area contributed by atoms with Gasteiger partial charge >= 0.3 is 0 Å². The van der Waals surface area contributed by atoms with Gasteiger partial charge in [-0.1, -0.05) is 194 Å². The summed E-state index contributed by atoms with van der Waals surface area (Å²) in [5.74, 6) is 1.56. The normalized spacial score (nSPS) is 14.6. The first kappa shape index (κ1) is 53.6. The summed E-state index contributed by atoms with van der Waals surface area (Å²) in [4.78, 5) is 10.3. The third-order valence-electron chi connectivity index (χ3n) is 9.08. The maximum atomic E-state index is 10.3. The number of rotatable bonds is 15. The third kappa shape index (κ3) is 26.5. The largest absolute Gasteiger partial charge is 0.396 e. The minimum Gasteiger partial charge on any atom is -0.396 e. The number of nitrogens with two attached hydrogens (primary N) is 1. The Kier molecular flexibility index (Phi) is 31.0. The van der Waals surface area contributed by atoms with Gasteiger partial charge in [-0.2, -0.15) is 0 Å². The number of aldehydes is 1. The maximum absolute atomic E-state index is 10.3. The predicted octanol–water partition coefficient (Wildman–Crippen LogP) is 9.86. The predicted molar refractivity (Wildman–Crippen MR) is 246 cm³/mol. The van der Waals surface area contributed by atoms with Crippen LogP contribution in [0.2, 0.25) is 0 Å². The number of ether oxygens (including phenoxy) is 1. The van der Waals surface area contributed by atoms with Crippen LogP contribution >= 0.6 is 0 Å². The molecule has 1 fully saturated rings. The van der Waals surface area contributed by atoms with Crippen molar-refractivity contribution in [2.75, 3.05) is 26.4 Å². The molecule has 58 heavy (non-hydrogen) atoms. The molecule has 6 rings (SSSR count). The molecule has 6 heteroatoms. The van der Waals surface area contributed by atoms with Crippen molar-refractivity contribution in [3.63, 3.8) is 0 Å². The molecule has 0 amide bonds. The van der Waals surface area contributed by atoms with Crippen LogP contribution in [0.1, 0.15) is 70.4 Å². The molecular formula is C52H75NO5. The number of hydrogen-bond acceptors (Lipinski definition) is 6. The van der Waals surface area contributed by atoms with E-state index >= 15 is 0 Å². The molecule has 0 aromatic heterocycles. The van der Waals surface area contributed by atoms with Crippen LogP contribution in [0.3, 0.4) is 0 Å². The quantitative estimate of drug-likeness (QED) is 0.0620. The summed E-state index contributed by atoms with van der Waals surface area (Å²) >= 11 is 0. The lowest BCUT2D eigenvalue weighted by molar-refractivity contribution is -0.110. The number of hydrogen-bond donors (Lipinski definition) is 4. The SMILES string of the molecule is C.C.C[C@@H](Cc1ccccc1)[C@H]1CO1.C[C@H](C=O)Cc1ccccc1.C[C@H](CO)Cc1ccccc1.C[C@H](CO)Cc1ccccc1.N[C@H](CO)Cc1ccccc1. The standard InChI is InChI=1S/C11H14O.2C10H14O.C10H12O.C9H13NO.2CH4/c1-9(11-8-12-11)7-10-5-3-2-4-6-10;3*1-9(8-11)7-10-5-3-2-4-6-10;10-9(7-11)6-8-4-2-1-3-5-8;;/h2-6,9,11H,7-8H2,1H3;2*2-6,9,11H,7-8H2,1H3;2-6,8-9H,7H2,1H3;1-5,9,11H,6-7,10H2;2*1H4/t9-,11+;4*9-;;/m00000../s1. The minimum absolute atomic E-state index is 0. The Morgan fingerprint density at radius 3 is 1.09 bits per heavy atom. The number of aliphatic hydroxyl groups excluding tert-OH is 3. The van der Waals surface area contributed by atoms with Crippen molar-refractivity contribution in [2.45, 2.75) is 86.8 Å². The van der Waals surface area contributed by atoms with Gasteiger partial charge in [0.05, 0.1) is 19.3 Å². The Hall–Kier alpha value is -4.43. The van der Waals surface area contributed by atoms with Crippen molar-refractivity contribution in [2.24, 2.45) is 29.4 Å². The summed E-state index contributed by atoms with van der Waals surface area (Å²) in [5.41, 5.74) is 12.0. The highest BCUT2D eigenvalue weighted by Gasteiger charge is 2.29. The summed E-state index contributed by atoms with van der Waals surface area (Å²) in [7, 11) is 0. The maximum Gasteiger partial charge on any atom is 0.123 e. The second kappa shape index (κ2) is 33.5. The molecule has 1 aliphatic heterocycles. The van der Waals surface area contributed by atoms with Crippen molar-refractivity contribution in [3.05, 3.63) is 179 Å². The van der Waals surface area contributed by atoms with Crippen molar-refractivity contribution in [3.8, 4) is 0 Å². The number of aliphatic hydroxyl groups is 3. The van der Waals surface area contributed by atoms with Crippen LogP contribution in [-0.4, -0.2) is 60.2 Å². The smallest absolute Gasteiger partial charge is 0.123 e. The van der Waals surface area contributed by atoms with Gasteiger partial charge < -0.3 is 30.6 Å². The van der Waals surface area contributed by atoms with Gasteiger partial charge in [0.15, 0.2) is 0 Å². The highest BCUT2D eigenvalue weighted by Crippen LogP contribution is 2.23. The molecule has 0 spiro atoms. The molecule has 6 nitrogen and oxygen atoms in total. The van der Waals surface area contributed by atoms with E-state index < -0.39 is 0 Å². The van der Waals surface area contributed by atoms with E-state index in [0.29, 0.717) is 23.9 Å². The molecule has 5 N–H and O–H groups in total. The fourth-order valence-corrected chi connectivity index (χ4v) is 5.68. The lowest BCUT2D eigenvalue weighted by Gasteiger charge is -2.06. The molecule has 1 heterocycles. The lowest BCUT2D eigenvalue weighted by Crippen LogP contribution is -2.26. The highest BCUT2D eigenvalue weighted by molar-refractivity contribution is 5.53. The molecule has 0 saturated carbocycles. The number of carbonyl (C=O) groups excluding carboxylic acids is 1. The van der Waals surface area contributed by atoms with Crippen LogP contribution in [-0.2, 0) is 41.6 Å². The van der Waals surface area contributed by atoms with Crippen molar-refractivity contribution in [1.82, 2.24) is 0 Å². The molecular weight excluding hydrogens is 719 g/mol. The van der Waals surface area contributed by atoms with E-state index in [-0.39, 0.29) is 46.6 Å². The summed E-state index contributed by atoms with van der Waals surface area (Å²) in [5, 5.41) is 26.3. The molecule has 318 valence electrons. The Morgan fingerprint density at radius 1 is 0.517 bits per heavy atom. The topological polar surface area (TPSA) is 116 Å². The van der Waals surface area contributed by atoms with Crippen LogP contribution in [0, 0.1) is 23.7 Å². The van der Waals surface area contributed by atoms with Crippen LogP contribution in [0.25, 0.3) is 0 Å². The molecule has 0 radical (unpaired) electrons. The third-order valence-corrected chi connectivity index (χ3v) is 9.08. The Labute approximate surface area is 352 Å². The summed E-state index contributed by atoms with van der Waals surface area (Å²) in [6.07, 6.45) is 6.21. The van der Waals surface area contributed by atoms with Gasteiger partial charge in [0, 0.05) is 25.2 Å². The monoisotopic (exact) mass is 794 g/mol. The zero-order chi connectivity index (χ0) is 40.8. The van der Waals surface area contributed by atoms with Gasteiger partial charge in [0.1, 0.15) is 6.29 Å². The average molecular weight is 794 g/mol. The van der Waals surface area contributed by atoms with Gasteiger partial charge in [-0.05, 0) is 77.7 Å². The Balaban J connectivity index is 0.000000695. The lowest BCUT2D eigenvalue weighted by atomic mass is 9.99. The van der Waals surface area contributed by atoms with Gasteiger partial charge in [0.25, 0.3) is 0 Å². The van der Waals surface area contributed by atoms with Crippen molar-refractivity contribution < 1.29 is 24.9 Å². The van der Waals surface area contributed by atoms with Gasteiger partial charge in [-0.3, -0.25) is 0 Å². The molecule has 0 bridgehead atoms. The summed E-state index contributed by atoms with van der Waals surface area (Å²) in [6, 6.07) is 50.9. The van der Waals surface area contributed by atoms with Gasteiger partial charge in [-0.15, -0.1) is 0 Å². The van der Waals surface area contributed by atoms with E-state index in [2.05, 4.69) is 61.5 Å². The van der Waals surface area contributed by atoms with E-state index in [4.69, 9.17) is 25.8 Å². The zero-order valence-corrected chi connectivity index (χ0v) is 34.1. The second-order valence-electron chi connectivity index (χ2n) is 14.9. The fraction of sp³-hybridized carbons (Fsp3) is 0.404. The van der Waals surface area contributed by atoms with E-state index in [1.54, 1.807) is 0 Å². The molecule has 0 aliphatic carbocycles. The Morgan fingerprint density at radius 2 is 0.810 bits per heavy atom. The van der Waals surface area contributed by atoms with E-state index in [1.165, 1.54) is 27.8 Å². The molecule has 5 aromatic rings. The van der Waals surface area contributed by atoms with E-state index in [1.807, 2.05) is 118 Å². The Bertz CT molecular complexity index is 1510. The molecule has 5 aromatic carbocycles. The summed E-state index contributed by atoms with van der Waals surface area (Å²) < 4.78 is 5.24. The first-order valence-corrected chi connectivity index (χ1v) is 20.0. The van der Waals surface area contributed by atoms with Crippen LogP contribution < -0.4 is 5.73 Å². The number of benzene rings is 5. The number of carbonyl (C=O) groups is 1. The molecule has 1 saturated heterocycles. The van der Waals surface area contributed by atoms with Crippen LogP contribution in [0.15, 0.2) is 152 Å². The zero-order valence-electron chi connectivity index (χ0n) is 34.1. The van der Waals surface area contributed by atoms with Crippen LogP contribution in [0.4, 0.5) is 0 Å². The first-order valence-electron chi connectivity index (χ1n) is 20.0. The van der Waals surface area contributed by atoms with Gasteiger partial charge in [0.2, 0.25) is 0 Å². The second-order valence-corrected chi connectivity index (χ2v) is 14.9. The van der Waals surface area contributed by atoms with Crippen LogP contribution in [0.5, 0.6) is 0 Å². The van der Waals surface area contributed by atoms with E-state index in [9.17, 15) is 4.79 Å². The fourth-order valence-electron chi connectivity index (χ4n) is 5.68. The van der Waals surface area contributed by atoms with E-state index in [0.717, 1.165) is 45.0 Å². The highest BCUT2D eigenvalue weighted by atomic mass is 16.6. The molecule has 0 unspecified atom stereocenters. The van der Waals surface area contributed by atoms with Crippen molar-refractivity contribution in [1.29, 1.82) is 0 Å². The minimum atomic E-state index is -0.127.